The van der Waals surface area contributed by atoms with E-state index in [2.05, 4.69) is 0 Å². The van der Waals surface area contributed by atoms with Crippen LogP contribution >= 0.6 is 11.8 Å². The SMILES string of the molecule is Oc1cccc(SCc2ccccc2F)c1. The fraction of sp³-hybridized carbons (Fsp3) is 0.0769. The molecule has 0 heterocycles. The lowest BCUT2D eigenvalue weighted by Crippen LogP contribution is -1.85. The second-order valence-electron chi connectivity index (χ2n) is 3.38. The highest BCUT2D eigenvalue weighted by Gasteiger charge is 2.01. The molecule has 2 aromatic carbocycles. The molecule has 0 aliphatic carbocycles. The Bertz CT molecular complexity index is 485. The number of benzene rings is 2. The van der Waals surface area contributed by atoms with Gasteiger partial charge in [0, 0.05) is 10.6 Å². The van der Waals surface area contributed by atoms with Crippen molar-refractivity contribution in [3.8, 4) is 5.75 Å². The second kappa shape index (κ2) is 5.03. The van der Waals surface area contributed by atoms with Gasteiger partial charge in [0.25, 0.3) is 0 Å². The van der Waals surface area contributed by atoms with Gasteiger partial charge in [-0.1, -0.05) is 24.3 Å². The first-order valence-electron chi connectivity index (χ1n) is 4.91. The molecule has 0 aliphatic rings. The summed E-state index contributed by atoms with van der Waals surface area (Å²) in [5.74, 6) is 0.615. The van der Waals surface area contributed by atoms with Gasteiger partial charge >= 0.3 is 0 Å². The van der Waals surface area contributed by atoms with Crippen molar-refractivity contribution in [2.45, 2.75) is 10.6 Å². The van der Waals surface area contributed by atoms with Gasteiger partial charge in [-0.15, -0.1) is 11.8 Å². The maximum absolute atomic E-state index is 13.3. The minimum absolute atomic E-state index is 0.185. The molecule has 0 amide bonds. The molecular formula is C13H11FOS. The third-order valence-corrected chi connectivity index (χ3v) is 3.21. The molecule has 0 unspecified atom stereocenters. The van der Waals surface area contributed by atoms with E-state index in [1.165, 1.54) is 17.8 Å². The molecule has 1 N–H and O–H groups in total. The van der Waals surface area contributed by atoms with E-state index >= 15 is 0 Å². The van der Waals surface area contributed by atoms with Crippen molar-refractivity contribution in [2.75, 3.05) is 0 Å². The molecule has 0 aromatic heterocycles. The highest BCUT2D eigenvalue weighted by atomic mass is 32.2. The zero-order chi connectivity index (χ0) is 11.4. The molecule has 2 aromatic rings. The van der Waals surface area contributed by atoms with Gasteiger partial charge in [-0.3, -0.25) is 0 Å². The molecule has 0 radical (unpaired) electrons. The van der Waals surface area contributed by atoms with Crippen molar-refractivity contribution in [3.05, 3.63) is 59.9 Å². The Balaban J connectivity index is 2.05. The Kier molecular flexibility index (Phi) is 3.47. The van der Waals surface area contributed by atoms with E-state index in [1.54, 1.807) is 30.3 Å². The molecule has 0 atom stereocenters. The first-order valence-corrected chi connectivity index (χ1v) is 5.89. The molecule has 0 fully saturated rings. The summed E-state index contributed by atoms with van der Waals surface area (Å²) < 4.78 is 13.3. The normalized spacial score (nSPS) is 10.3. The lowest BCUT2D eigenvalue weighted by Gasteiger charge is -2.03. The molecule has 3 heteroatoms. The lowest BCUT2D eigenvalue weighted by molar-refractivity contribution is 0.474. The van der Waals surface area contributed by atoms with Crippen LogP contribution in [0.25, 0.3) is 0 Å². The average Bonchev–Trinajstić information content (AvgIpc) is 2.28. The van der Waals surface area contributed by atoms with Crippen LogP contribution < -0.4 is 0 Å². The van der Waals surface area contributed by atoms with Gasteiger partial charge in [-0.2, -0.15) is 0 Å². The predicted molar refractivity (Wildman–Crippen MR) is 64.1 cm³/mol. The Labute approximate surface area is 97.9 Å². The molecule has 1 nitrogen and oxygen atoms in total. The van der Waals surface area contributed by atoms with E-state index in [1.807, 2.05) is 12.1 Å². The van der Waals surface area contributed by atoms with Crippen LogP contribution in [-0.4, -0.2) is 5.11 Å². The molecular weight excluding hydrogens is 223 g/mol. The van der Waals surface area contributed by atoms with Crippen LogP contribution in [-0.2, 0) is 5.75 Å². The molecule has 0 saturated carbocycles. The Morgan fingerprint density at radius 3 is 2.62 bits per heavy atom. The molecule has 0 spiro atoms. The number of hydrogen-bond donors (Lipinski definition) is 1. The number of rotatable bonds is 3. The van der Waals surface area contributed by atoms with Crippen LogP contribution in [0.3, 0.4) is 0 Å². The van der Waals surface area contributed by atoms with Gasteiger partial charge in [-0.05, 0) is 29.8 Å². The number of phenolic OH excluding ortho intramolecular Hbond substituents is 1. The van der Waals surface area contributed by atoms with Gasteiger partial charge in [0.1, 0.15) is 11.6 Å². The summed E-state index contributed by atoms with van der Waals surface area (Å²) in [6, 6.07) is 13.7. The molecule has 16 heavy (non-hydrogen) atoms. The number of halogens is 1. The van der Waals surface area contributed by atoms with Crippen LogP contribution in [0.4, 0.5) is 4.39 Å². The predicted octanol–water partition coefficient (Wildman–Crippen LogP) is 3.82. The van der Waals surface area contributed by atoms with Crippen LogP contribution in [0.5, 0.6) is 5.75 Å². The molecule has 0 aliphatic heterocycles. The van der Waals surface area contributed by atoms with Crippen molar-refractivity contribution in [1.29, 1.82) is 0 Å². The monoisotopic (exact) mass is 234 g/mol. The lowest BCUT2D eigenvalue weighted by atomic mass is 10.2. The van der Waals surface area contributed by atoms with Crippen molar-refractivity contribution in [1.82, 2.24) is 0 Å². The quantitative estimate of drug-likeness (QED) is 0.815. The summed E-state index contributed by atoms with van der Waals surface area (Å²) in [4.78, 5) is 0.934. The second-order valence-corrected chi connectivity index (χ2v) is 4.43. The topological polar surface area (TPSA) is 20.2 Å². The molecule has 0 bridgehead atoms. The number of thioether (sulfide) groups is 1. The number of aromatic hydroxyl groups is 1. The maximum Gasteiger partial charge on any atom is 0.127 e. The zero-order valence-electron chi connectivity index (χ0n) is 8.56. The zero-order valence-corrected chi connectivity index (χ0v) is 9.38. The first-order chi connectivity index (χ1) is 7.75. The summed E-state index contributed by atoms with van der Waals surface area (Å²) in [6.07, 6.45) is 0. The molecule has 82 valence electrons. The van der Waals surface area contributed by atoms with Gasteiger partial charge < -0.3 is 5.11 Å². The maximum atomic E-state index is 13.3. The Morgan fingerprint density at radius 2 is 1.88 bits per heavy atom. The van der Waals surface area contributed by atoms with Crippen LogP contribution in [0.2, 0.25) is 0 Å². The van der Waals surface area contributed by atoms with Crippen LogP contribution in [0, 0.1) is 5.82 Å². The van der Waals surface area contributed by atoms with Gasteiger partial charge in [0.05, 0.1) is 0 Å². The summed E-state index contributed by atoms with van der Waals surface area (Å²) in [7, 11) is 0. The Morgan fingerprint density at radius 1 is 1.06 bits per heavy atom. The minimum atomic E-state index is -0.185. The van der Waals surface area contributed by atoms with Gasteiger partial charge in [-0.25, -0.2) is 4.39 Å². The summed E-state index contributed by atoms with van der Waals surface area (Å²) in [5.41, 5.74) is 0.677. The van der Waals surface area contributed by atoms with E-state index < -0.39 is 0 Å². The van der Waals surface area contributed by atoms with Crippen molar-refractivity contribution < 1.29 is 9.50 Å². The van der Waals surface area contributed by atoms with E-state index in [0.29, 0.717) is 11.3 Å². The number of hydrogen-bond acceptors (Lipinski definition) is 2. The summed E-state index contributed by atoms with van der Waals surface area (Å²) >= 11 is 1.50. The Hall–Kier alpha value is -1.48. The minimum Gasteiger partial charge on any atom is -0.508 e. The first kappa shape index (κ1) is 11.0. The standard InChI is InChI=1S/C13H11FOS/c14-13-7-2-1-4-10(13)9-16-12-6-3-5-11(15)8-12/h1-8,15H,9H2. The van der Waals surface area contributed by atoms with Crippen molar-refractivity contribution >= 4 is 11.8 Å². The summed E-state index contributed by atoms with van der Waals surface area (Å²) in [5, 5.41) is 9.28. The fourth-order valence-electron chi connectivity index (χ4n) is 1.35. The van der Waals surface area contributed by atoms with Crippen molar-refractivity contribution in [3.63, 3.8) is 0 Å². The third-order valence-electron chi connectivity index (χ3n) is 2.17. The third kappa shape index (κ3) is 2.76. The average molecular weight is 234 g/mol. The van der Waals surface area contributed by atoms with E-state index in [-0.39, 0.29) is 11.6 Å². The number of phenols is 1. The van der Waals surface area contributed by atoms with E-state index in [4.69, 9.17) is 0 Å². The summed E-state index contributed by atoms with van der Waals surface area (Å²) in [6.45, 7) is 0. The van der Waals surface area contributed by atoms with Gasteiger partial charge in [0.2, 0.25) is 0 Å². The highest BCUT2D eigenvalue weighted by molar-refractivity contribution is 7.98. The van der Waals surface area contributed by atoms with Crippen molar-refractivity contribution in [2.24, 2.45) is 0 Å². The van der Waals surface area contributed by atoms with Crippen LogP contribution in [0.1, 0.15) is 5.56 Å². The fourth-order valence-corrected chi connectivity index (χ4v) is 2.28. The van der Waals surface area contributed by atoms with E-state index in [9.17, 15) is 9.50 Å². The van der Waals surface area contributed by atoms with Gasteiger partial charge in [0.15, 0.2) is 0 Å². The molecule has 2 rings (SSSR count). The van der Waals surface area contributed by atoms with E-state index in [0.717, 1.165) is 4.90 Å². The van der Waals surface area contributed by atoms with Crippen LogP contribution in [0.15, 0.2) is 53.4 Å². The largest absolute Gasteiger partial charge is 0.508 e. The molecule has 0 saturated heterocycles. The highest BCUT2D eigenvalue weighted by Crippen LogP contribution is 2.26. The smallest absolute Gasteiger partial charge is 0.127 e.